The first-order chi connectivity index (χ1) is 12.7. The molecule has 0 aliphatic carbocycles. The van der Waals surface area contributed by atoms with Crippen LogP contribution in [0.5, 0.6) is 5.75 Å². The second kappa shape index (κ2) is 6.20. The highest BCUT2D eigenvalue weighted by molar-refractivity contribution is 14.1. The standard InChI is InChI=1S/C19H13ClFIN2O3/c1-19(2)15-16(18(25)26)23-24(13-6-3-9(21)7-12(13)20)17(15)11-5-4-10(22)8-14(11)27-19/h3-8H,1-2H3,(H,25,26). The minimum absolute atomic E-state index is 0.125. The number of benzene rings is 2. The lowest BCUT2D eigenvalue weighted by Crippen LogP contribution is -2.31. The Kier molecular flexibility index (Phi) is 4.19. The monoisotopic (exact) mass is 498 g/mol. The molecule has 0 saturated carbocycles. The summed E-state index contributed by atoms with van der Waals surface area (Å²) in [6.07, 6.45) is 0. The van der Waals surface area contributed by atoms with Gasteiger partial charge in [0, 0.05) is 9.13 Å². The maximum absolute atomic E-state index is 13.5. The van der Waals surface area contributed by atoms with Crippen LogP contribution in [0.3, 0.4) is 0 Å². The van der Waals surface area contributed by atoms with Crippen LogP contribution in [0.4, 0.5) is 4.39 Å². The molecule has 0 bridgehead atoms. The van der Waals surface area contributed by atoms with Crippen LogP contribution in [0.25, 0.3) is 16.9 Å². The van der Waals surface area contributed by atoms with Gasteiger partial charge in [0.25, 0.3) is 0 Å². The molecule has 1 aliphatic rings. The predicted octanol–water partition coefficient (Wildman–Crippen LogP) is 5.26. The molecule has 4 rings (SSSR count). The summed E-state index contributed by atoms with van der Waals surface area (Å²) in [5.41, 5.74) is 1.06. The Balaban J connectivity index is 2.12. The molecule has 0 atom stereocenters. The van der Waals surface area contributed by atoms with Crippen molar-refractivity contribution in [1.29, 1.82) is 0 Å². The number of halogens is 3. The van der Waals surface area contributed by atoms with Crippen LogP contribution in [-0.4, -0.2) is 20.9 Å². The molecule has 1 N–H and O–H groups in total. The number of hydrogen-bond donors (Lipinski definition) is 1. The van der Waals surface area contributed by atoms with E-state index in [0.717, 1.165) is 3.57 Å². The molecule has 2 heterocycles. The number of nitrogens with zero attached hydrogens (tertiary/aromatic N) is 2. The van der Waals surface area contributed by atoms with Crippen molar-refractivity contribution in [2.45, 2.75) is 19.4 Å². The number of carboxylic acids is 1. The average Bonchev–Trinajstić information content (AvgIpc) is 2.96. The first-order valence-electron chi connectivity index (χ1n) is 8.00. The van der Waals surface area contributed by atoms with Crippen LogP contribution < -0.4 is 4.74 Å². The van der Waals surface area contributed by atoms with E-state index in [0.29, 0.717) is 28.3 Å². The second-order valence-corrected chi connectivity index (χ2v) is 8.29. The fourth-order valence-corrected chi connectivity index (χ4v) is 4.03. The van der Waals surface area contributed by atoms with Gasteiger partial charge in [-0.3, -0.25) is 0 Å². The molecule has 3 aromatic rings. The lowest BCUT2D eigenvalue weighted by Gasteiger charge is -2.33. The van der Waals surface area contributed by atoms with Crippen LogP contribution in [0, 0.1) is 9.39 Å². The quantitative estimate of drug-likeness (QED) is 0.490. The lowest BCUT2D eigenvalue weighted by molar-refractivity contribution is 0.0664. The summed E-state index contributed by atoms with van der Waals surface area (Å²) in [7, 11) is 0. The summed E-state index contributed by atoms with van der Waals surface area (Å²) in [4.78, 5) is 11.9. The number of rotatable bonds is 2. The van der Waals surface area contributed by atoms with Crippen molar-refractivity contribution in [3.8, 4) is 22.7 Å². The second-order valence-electron chi connectivity index (χ2n) is 6.64. The van der Waals surface area contributed by atoms with E-state index in [1.165, 1.54) is 22.9 Å². The Morgan fingerprint density at radius 1 is 1.30 bits per heavy atom. The lowest BCUT2D eigenvalue weighted by atomic mass is 9.89. The Morgan fingerprint density at radius 2 is 2.04 bits per heavy atom. The van der Waals surface area contributed by atoms with Crippen molar-refractivity contribution in [3.63, 3.8) is 0 Å². The van der Waals surface area contributed by atoms with Crippen molar-refractivity contribution in [1.82, 2.24) is 9.78 Å². The first-order valence-corrected chi connectivity index (χ1v) is 9.46. The van der Waals surface area contributed by atoms with Gasteiger partial charge in [0.2, 0.25) is 0 Å². The van der Waals surface area contributed by atoms with Gasteiger partial charge < -0.3 is 9.84 Å². The maximum atomic E-state index is 13.5. The molecule has 27 heavy (non-hydrogen) atoms. The third-order valence-corrected chi connectivity index (χ3v) is 5.37. The van der Waals surface area contributed by atoms with Crippen LogP contribution in [0.1, 0.15) is 29.9 Å². The molecule has 5 nitrogen and oxygen atoms in total. The smallest absolute Gasteiger partial charge is 0.356 e. The van der Waals surface area contributed by atoms with Crippen molar-refractivity contribution >= 4 is 40.2 Å². The van der Waals surface area contributed by atoms with Crippen LogP contribution in [0.15, 0.2) is 36.4 Å². The van der Waals surface area contributed by atoms with E-state index in [2.05, 4.69) is 27.7 Å². The Labute approximate surface area is 172 Å². The van der Waals surface area contributed by atoms with E-state index in [-0.39, 0.29) is 10.7 Å². The first kappa shape index (κ1) is 18.2. The molecular formula is C19H13ClFIN2O3. The number of ether oxygens (including phenoxy) is 1. The Bertz CT molecular complexity index is 1110. The SMILES string of the molecule is CC1(C)Oc2cc(I)ccc2-c2c1c(C(=O)O)nn2-c1ccc(F)cc1Cl. The van der Waals surface area contributed by atoms with Gasteiger partial charge in [0.05, 0.1) is 22.0 Å². The van der Waals surface area contributed by atoms with Gasteiger partial charge in [0.1, 0.15) is 17.2 Å². The molecule has 1 aliphatic heterocycles. The van der Waals surface area contributed by atoms with E-state index in [4.69, 9.17) is 16.3 Å². The largest absolute Gasteiger partial charge is 0.482 e. The highest BCUT2D eigenvalue weighted by Crippen LogP contribution is 2.48. The van der Waals surface area contributed by atoms with Gasteiger partial charge >= 0.3 is 5.97 Å². The summed E-state index contributed by atoms with van der Waals surface area (Å²) < 4.78 is 22.1. The van der Waals surface area contributed by atoms with Gasteiger partial charge in [-0.1, -0.05) is 11.6 Å². The number of carboxylic acid groups (broad SMARTS) is 1. The minimum Gasteiger partial charge on any atom is -0.482 e. The van der Waals surface area contributed by atoms with Crippen LogP contribution >= 0.6 is 34.2 Å². The van der Waals surface area contributed by atoms with Gasteiger partial charge in [0.15, 0.2) is 5.69 Å². The number of carbonyl (C=O) groups is 1. The topological polar surface area (TPSA) is 64.3 Å². The minimum atomic E-state index is -1.17. The molecule has 0 radical (unpaired) electrons. The zero-order valence-corrected chi connectivity index (χ0v) is 17.2. The molecule has 2 aromatic carbocycles. The molecule has 0 fully saturated rings. The van der Waals surface area contributed by atoms with Gasteiger partial charge in [-0.15, -0.1) is 0 Å². The van der Waals surface area contributed by atoms with E-state index in [1.54, 1.807) is 13.8 Å². The normalized spacial score (nSPS) is 14.3. The third kappa shape index (κ3) is 2.89. The van der Waals surface area contributed by atoms with Gasteiger partial charge in [-0.2, -0.15) is 5.10 Å². The van der Waals surface area contributed by atoms with Crippen molar-refractivity contribution < 1.29 is 19.0 Å². The Hall–Kier alpha value is -2.13. The van der Waals surface area contributed by atoms with Gasteiger partial charge in [-0.05, 0) is 72.8 Å². The number of hydrogen-bond acceptors (Lipinski definition) is 3. The number of aromatic carboxylic acids is 1. The number of aromatic nitrogens is 2. The van der Waals surface area contributed by atoms with Crippen molar-refractivity contribution in [3.05, 3.63) is 62.1 Å². The number of fused-ring (bicyclic) bond motifs is 3. The molecular weight excluding hydrogens is 486 g/mol. The van der Waals surface area contributed by atoms with E-state index in [1.807, 2.05) is 18.2 Å². The summed E-state index contributed by atoms with van der Waals surface area (Å²) in [5, 5.41) is 14.1. The molecule has 1 aromatic heterocycles. The summed E-state index contributed by atoms with van der Waals surface area (Å²) in [6, 6.07) is 9.54. The third-order valence-electron chi connectivity index (χ3n) is 4.39. The summed E-state index contributed by atoms with van der Waals surface area (Å²) in [5.74, 6) is -1.04. The maximum Gasteiger partial charge on any atom is 0.356 e. The van der Waals surface area contributed by atoms with Gasteiger partial charge in [-0.25, -0.2) is 13.9 Å². The zero-order valence-electron chi connectivity index (χ0n) is 14.3. The zero-order chi connectivity index (χ0) is 19.5. The summed E-state index contributed by atoms with van der Waals surface area (Å²) in [6.45, 7) is 3.58. The van der Waals surface area contributed by atoms with Crippen LogP contribution in [-0.2, 0) is 5.60 Å². The van der Waals surface area contributed by atoms with E-state index in [9.17, 15) is 14.3 Å². The predicted molar refractivity (Wildman–Crippen MR) is 107 cm³/mol. The van der Waals surface area contributed by atoms with Crippen molar-refractivity contribution in [2.75, 3.05) is 0 Å². The molecule has 138 valence electrons. The molecule has 0 spiro atoms. The highest BCUT2D eigenvalue weighted by atomic mass is 127. The highest BCUT2D eigenvalue weighted by Gasteiger charge is 2.41. The van der Waals surface area contributed by atoms with E-state index < -0.39 is 17.4 Å². The Morgan fingerprint density at radius 3 is 2.70 bits per heavy atom. The average molecular weight is 499 g/mol. The molecule has 8 heteroatoms. The molecule has 0 amide bonds. The van der Waals surface area contributed by atoms with Crippen LogP contribution in [0.2, 0.25) is 5.02 Å². The van der Waals surface area contributed by atoms with Crippen molar-refractivity contribution in [2.24, 2.45) is 0 Å². The molecule has 0 saturated heterocycles. The van der Waals surface area contributed by atoms with E-state index >= 15 is 0 Å². The summed E-state index contributed by atoms with van der Waals surface area (Å²) >= 11 is 8.42. The fraction of sp³-hybridized carbons (Fsp3) is 0.158. The fourth-order valence-electron chi connectivity index (χ4n) is 3.32. The molecule has 0 unspecified atom stereocenters.